The zero-order valence-electron chi connectivity index (χ0n) is 9.12. The molecule has 82 valence electrons. The number of nitrogens with two attached hydrogens (primary N) is 2. The standard InChI is InChI=1S/C10H21N3O/c1-10(2,12)7-8-3-5-13(6-4-8)9(11)14/h8H,3-7,12H2,1-2H3,(H2,11,14). The van der Waals surface area contributed by atoms with Crippen LogP contribution >= 0.6 is 0 Å². The van der Waals surface area contributed by atoms with Crippen molar-refractivity contribution < 1.29 is 4.79 Å². The van der Waals surface area contributed by atoms with E-state index >= 15 is 0 Å². The summed E-state index contributed by atoms with van der Waals surface area (Å²) in [4.78, 5) is 12.6. The molecule has 0 atom stereocenters. The van der Waals surface area contributed by atoms with Crippen LogP contribution in [0.3, 0.4) is 0 Å². The van der Waals surface area contributed by atoms with Crippen molar-refractivity contribution in [1.82, 2.24) is 4.90 Å². The van der Waals surface area contributed by atoms with Gasteiger partial charge in [-0.3, -0.25) is 0 Å². The van der Waals surface area contributed by atoms with Gasteiger partial charge in [0, 0.05) is 18.6 Å². The number of urea groups is 1. The van der Waals surface area contributed by atoms with Crippen molar-refractivity contribution in [3.8, 4) is 0 Å². The van der Waals surface area contributed by atoms with E-state index in [9.17, 15) is 4.79 Å². The molecular weight excluding hydrogens is 178 g/mol. The largest absolute Gasteiger partial charge is 0.351 e. The smallest absolute Gasteiger partial charge is 0.314 e. The Morgan fingerprint density at radius 1 is 1.43 bits per heavy atom. The molecule has 4 N–H and O–H groups in total. The first-order chi connectivity index (χ1) is 6.38. The highest BCUT2D eigenvalue weighted by atomic mass is 16.2. The van der Waals surface area contributed by atoms with Gasteiger partial charge in [0.25, 0.3) is 0 Å². The zero-order valence-corrected chi connectivity index (χ0v) is 9.12. The lowest BCUT2D eigenvalue weighted by Gasteiger charge is -2.33. The van der Waals surface area contributed by atoms with Gasteiger partial charge in [-0.1, -0.05) is 0 Å². The lowest BCUT2D eigenvalue weighted by atomic mass is 9.85. The van der Waals surface area contributed by atoms with E-state index in [4.69, 9.17) is 11.5 Å². The first kappa shape index (κ1) is 11.3. The predicted octanol–water partition coefficient (Wildman–Crippen LogP) is 0.904. The summed E-state index contributed by atoms with van der Waals surface area (Å²) < 4.78 is 0. The van der Waals surface area contributed by atoms with Crippen molar-refractivity contribution in [1.29, 1.82) is 0 Å². The zero-order chi connectivity index (χ0) is 10.8. The fourth-order valence-electron chi connectivity index (χ4n) is 2.10. The molecule has 0 unspecified atom stereocenters. The van der Waals surface area contributed by atoms with Crippen LogP contribution in [0.25, 0.3) is 0 Å². The predicted molar refractivity (Wildman–Crippen MR) is 56.8 cm³/mol. The van der Waals surface area contributed by atoms with Crippen LogP contribution in [-0.4, -0.2) is 29.6 Å². The summed E-state index contributed by atoms with van der Waals surface area (Å²) in [6, 6.07) is -0.296. The highest BCUT2D eigenvalue weighted by Crippen LogP contribution is 2.24. The number of amides is 2. The number of hydrogen-bond donors (Lipinski definition) is 2. The molecule has 2 amide bonds. The van der Waals surface area contributed by atoms with Crippen LogP contribution < -0.4 is 11.5 Å². The molecule has 0 radical (unpaired) electrons. The average Bonchev–Trinajstić information content (AvgIpc) is 2.02. The Bertz CT molecular complexity index is 202. The first-order valence-electron chi connectivity index (χ1n) is 5.22. The minimum atomic E-state index is -0.296. The second-order valence-electron chi connectivity index (χ2n) is 4.96. The van der Waals surface area contributed by atoms with Crippen molar-refractivity contribution >= 4 is 6.03 Å². The van der Waals surface area contributed by atoms with E-state index in [1.54, 1.807) is 4.90 Å². The minimum absolute atomic E-state index is 0.0977. The molecule has 0 saturated carbocycles. The average molecular weight is 199 g/mol. The normalized spacial score (nSPS) is 19.8. The molecule has 1 rings (SSSR count). The second-order valence-corrected chi connectivity index (χ2v) is 4.96. The van der Waals surface area contributed by atoms with Crippen molar-refractivity contribution in [3.05, 3.63) is 0 Å². The van der Waals surface area contributed by atoms with E-state index < -0.39 is 0 Å². The van der Waals surface area contributed by atoms with Gasteiger partial charge in [0.15, 0.2) is 0 Å². The summed E-state index contributed by atoms with van der Waals surface area (Å²) in [5.41, 5.74) is 11.1. The molecule has 0 aromatic rings. The Kier molecular flexibility index (Phi) is 3.37. The molecule has 0 bridgehead atoms. The molecule has 1 fully saturated rings. The third kappa shape index (κ3) is 3.54. The summed E-state index contributed by atoms with van der Waals surface area (Å²) in [5, 5.41) is 0. The fraction of sp³-hybridized carbons (Fsp3) is 0.900. The molecule has 0 aromatic carbocycles. The SMILES string of the molecule is CC(C)(N)CC1CCN(C(N)=O)CC1. The maximum Gasteiger partial charge on any atom is 0.314 e. The van der Waals surface area contributed by atoms with Gasteiger partial charge in [0.05, 0.1) is 0 Å². The molecule has 0 spiro atoms. The monoisotopic (exact) mass is 199 g/mol. The van der Waals surface area contributed by atoms with E-state index in [0.29, 0.717) is 5.92 Å². The number of likely N-dealkylation sites (tertiary alicyclic amines) is 1. The summed E-state index contributed by atoms with van der Waals surface area (Å²) in [7, 11) is 0. The number of rotatable bonds is 2. The summed E-state index contributed by atoms with van der Waals surface area (Å²) in [6.07, 6.45) is 3.09. The van der Waals surface area contributed by atoms with Gasteiger partial charge < -0.3 is 16.4 Å². The Morgan fingerprint density at radius 2 is 1.93 bits per heavy atom. The number of carbonyl (C=O) groups excluding carboxylic acids is 1. The van der Waals surface area contributed by atoms with E-state index in [1.165, 1.54) is 0 Å². The van der Waals surface area contributed by atoms with Crippen LogP contribution in [-0.2, 0) is 0 Å². The van der Waals surface area contributed by atoms with Crippen molar-refractivity contribution in [2.24, 2.45) is 17.4 Å². The second kappa shape index (κ2) is 4.17. The summed E-state index contributed by atoms with van der Waals surface area (Å²) in [6.45, 7) is 5.67. The van der Waals surface area contributed by atoms with Crippen LogP contribution in [0.15, 0.2) is 0 Å². The van der Waals surface area contributed by atoms with Crippen LogP contribution in [0.4, 0.5) is 4.79 Å². The van der Waals surface area contributed by atoms with Gasteiger partial charge in [-0.15, -0.1) is 0 Å². The lowest BCUT2D eigenvalue weighted by molar-refractivity contribution is 0.169. The lowest BCUT2D eigenvalue weighted by Crippen LogP contribution is -2.43. The molecule has 0 aromatic heterocycles. The van der Waals surface area contributed by atoms with Crippen LogP contribution in [0.1, 0.15) is 33.1 Å². The Morgan fingerprint density at radius 3 is 2.29 bits per heavy atom. The molecule has 4 heteroatoms. The van der Waals surface area contributed by atoms with Crippen molar-refractivity contribution in [2.75, 3.05) is 13.1 Å². The van der Waals surface area contributed by atoms with Crippen LogP contribution in [0, 0.1) is 5.92 Å². The van der Waals surface area contributed by atoms with E-state index in [1.807, 2.05) is 13.8 Å². The molecule has 1 aliphatic rings. The third-order valence-corrected chi connectivity index (χ3v) is 2.74. The molecule has 0 aliphatic carbocycles. The van der Waals surface area contributed by atoms with E-state index in [0.717, 1.165) is 32.4 Å². The quantitative estimate of drug-likeness (QED) is 0.693. The molecule has 14 heavy (non-hydrogen) atoms. The number of nitrogens with zero attached hydrogens (tertiary/aromatic N) is 1. The molecule has 1 aliphatic heterocycles. The van der Waals surface area contributed by atoms with Gasteiger partial charge >= 0.3 is 6.03 Å². The van der Waals surface area contributed by atoms with Gasteiger partial charge in [0.2, 0.25) is 0 Å². The van der Waals surface area contributed by atoms with Gasteiger partial charge in [-0.05, 0) is 39.0 Å². The molecule has 1 heterocycles. The Labute approximate surface area is 85.6 Å². The third-order valence-electron chi connectivity index (χ3n) is 2.74. The maximum absolute atomic E-state index is 10.9. The Balaban J connectivity index is 2.33. The van der Waals surface area contributed by atoms with E-state index in [2.05, 4.69) is 0 Å². The molecular formula is C10H21N3O. The van der Waals surface area contributed by atoms with Crippen molar-refractivity contribution in [3.63, 3.8) is 0 Å². The number of carbonyl (C=O) groups is 1. The topological polar surface area (TPSA) is 72.3 Å². The van der Waals surface area contributed by atoms with E-state index in [-0.39, 0.29) is 11.6 Å². The van der Waals surface area contributed by atoms with Crippen molar-refractivity contribution in [2.45, 2.75) is 38.6 Å². The molecule has 1 saturated heterocycles. The number of primary amides is 1. The van der Waals surface area contributed by atoms with Gasteiger partial charge in [0.1, 0.15) is 0 Å². The first-order valence-corrected chi connectivity index (χ1v) is 5.22. The molecule has 4 nitrogen and oxygen atoms in total. The summed E-state index contributed by atoms with van der Waals surface area (Å²) >= 11 is 0. The summed E-state index contributed by atoms with van der Waals surface area (Å²) in [5.74, 6) is 0.644. The fourth-order valence-corrected chi connectivity index (χ4v) is 2.10. The van der Waals surface area contributed by atoms with Crippen LogP contribution in [0.5, 0.6) is 0 Å². The highest BCUT2D eigenvalue weighted by molar-refractivity contribution is 5.72. The number of hydrogen-bond acceptors (Lipinski definition) is 2. The van der Waals surface area contributed by atoms with Gasteiger partial charge in [-0.2, -0.15) is 0 Å². The Hall–Kier alpha value is -0.770. The highest BCUT2D eigenvalue weighted by Gasteiger charge is 2.25. The number of piperidine rings is 1. The minimum Gasteiger partial charge on any atom is -0.351 e. The van der Waals surface area contributed by atoms with Gasteiger partial charge in [-0.25, -0.2) is 4.79 Å². The van der Waals surface area contributed by atoms with Crippen LogP contribution in [0.2, 0.25) is 0 Å². The maximum atomic E-state index is 10.9.